The number of thiophene rings is 1. The van der Waals surface area contributed by atoms with Crippen molar-refractivity contribution in [2.24, 2.45) is 5.92 Å². The highest BCUT2D eigenvalue weighted by atomic mass is 32.2. The van der Waals surface area contributed by atoms with Gasteiger partial charge >= 0.3 is 0 Å². The maximum Gasteiger partial charge on any atom is 0.235 e. The van der Waals surface area contributed by atoms with Gasteiger partial charge in [0.05, 0.1) is 11.3 Å². The maximum atomic E-state index is 12.4. The van der Waals surface area contributed by atoms with E-state index < -0.39 is 0 Å². The minimum atomic E-state index is -0.0962. The lowest BCUT2D eigenvalue weighted by molar-refractivity contribution is -0.113. The number of nitrogens with one attached hydrogen (secondary N) is 1. The number of nitrogens with zero attached hydrogens (tertiary/aromatic N) is 4. The van der Waals surface area contributed by atoms with E-state index in [0.717, 1.165) is 48.6 Å². The zero-order valence-corrected chi connectivity index (χ0v) is 16.5. The molecule has 0 bridgehead atoms. The van der Waals surface area contributed by atoms with Crippen molar-refractivity contribution in [2.45, 2.75) is 57.1 Å². The summed E-state index contributed by atoms with van der Waals surface area (Å²) in [5.74, 6) is 1.72. The van der Waals surface area contributed by atoms with Crippen molar-refractivity contribution < 1.29 is 4.79 Å². The van der Waals surface area contributed by atoms with Crippen LogP contribution in [0.15, 0.2) is 5.16 Å². The van der Waals surface area contributed by atoms with E-state index in [2.05, 4.69) is 33.1 Å². The van der Waals surface area contributed by atoms with E-state index in [1.54, 1.807) is 11.3 Å². The lowest BCUT2D eigenvalue weighted by atomic mass is 9.89. The average molecular weight is 388 g/mol. The predicted octanol–water partition coefficient (Wildman–Crippen LogP) is 3.71. The number of carbonyl (C=O) groups is 1. The minimum absolute atomic E-state index is 0.0962. The minimum Gasteiger partial charge on any atom is -0.316 e. The van der Waals surface area contributed by atoms with Gasteiger partial charge in [-0.2, -0.15) is 5.26 Å². The van der Waals surface area contributed by atoms with E-state index in [4.69, 9.17) is 0 Å². The average Bonchev–Trinajstić information content (AvgIpc) is 3.29. The summed E-state index contributed by atoms with van der Waals surface area (Å²) < 4.78 is 2.13. The van der Waals surface area contributed by atoms with Crippen LogP contribution < -0.4 is 5.32 Å². The molecule has 0 aliphatic heterocycles. The number of anilines is 1. The molecule has 2 aliphatic rings. The Labute approximate surface area is 161 Å². The number of aryl methyl sites for hydroxylation is 1. The van der Waals surface area contributed by atoms with Gasteiger partial charge in [0.25, 0.3) is 0 Å². The largest absolute Gasteiger partial charge is 0.316 e. The summed E-state index contributed by atoms with van der Waals surface area (Å²) in [5, 5.41) is 22.3. The molecule has 0 aromatic carbocycles. The molecule has 1 amide bonds. The number of hydrogen-bond acceptors (Lipinski definition) is 6. The quantitative estimate of drug-likeness (QED) is 0.791. The van der Waals surface area contributed by atoms with Crippen molar-refractivity contribution in [1.29, 1.82) is 5.26 Å². The first-order chi connectivity index (χ1) is 12.6. The fourth-order valence-electron chi connectivity index (χ4n) is 3.45. The number of thioether (sulfide) groups is 1. The third-order valence-electron chi connectivity index (χ3n) is 4.96. The molecule has 0 unspecified atom stereocenters. The Balaban J connectivity index is 1.43. The molecule has 2 aliphatic carbocycles. The molecule has 1 fully saturated rings. The molecule has 2 heterocycles. The van der Waals surface area contributed by atoms with Crippen molar-refractivity contribution in [3.63, 3.8) is 0 Å². The van der Waals surface area contributed by atoms with E-state index in [1.807, 2.05) is 6.92 Å². The molecule has 0 radical (unpaired) electrons. The lowest BCUT2D eigenvalue weighted by Gasteiger charge is -2.17. The molecular weight excluding hydrogens is 366 g/mol. The summed E-state index contributed by atoms with van der Waals surface area (Å²) in [4.78, 5) is 13.7. The highest BCUT2D eigenvalue weighted by molar-refractivity contribution is 7.99. The van der Waals surface area contributed by atoms with E-state index in [9.17, 15) is 10.1 Å². The van der Waals surface area contributed by atoms with Gasteiger partial charge in [0.2, 0.25) is 5.91 Å². The van der Waals surface area contributed by atoms with Crippen LogP contribution in [0.3, 0.4) is 0 Å². The molecule has 0 spiro atoms. The fourth-order valence-corrected chi connectivity index (χ4v) is 5.68. The monoisotopic (exact) mass is 387 g/mol. The van der Waals surface area contributed by atoms with E-state index in [1.165, 1.54) is 16.6 Å². The summed E-state index contributed by atoms with van der Waals surface area (Å²) in [6.45, 7) is 4.19. The van der Waals surface area contributed by atoms with Crippen molar-refractivity contribution in [2.75, 3.05) is 11.1 Å². The molecule has 0 saturated heterocycles. The van der Waals surface area contributed by atoms with Gasteiger partial charge in [0.1, 0.15) is 16.9 Å². The van der Waals surface area contributed by atoms with Crippen LogP contribution in [-0.2, 0) is 17.6 Å². The normalized spacial score (nSPS) is 19.0. The maximum absolute atomic E-state index is 12.4. The van der Waals surface area contributed by atoms with Gasteiger partial charge < -0.3 is 9.88 Å². The molecule has 2 aromatic heterocycles. The standard InChI is InChI=1S/C18H21N5OS2/c1-10-3-6-13-14(8-19)17(26-15(13)7-10)20-16(24)9-25-18-22-21-11(2)23(18)12-4-5-12/h10,12H,3-7,9H2,1-2H3,(H,20,24)/t10-/m0/s1. The smallest absolute Gasteiger partial charge is 0.235 e. The van der Waals surface area contributed by atoms with Crippen LogP contribution in [0.5, 0.6) is 0 Å². The zero-order chi connectivity index (χ0) is 18.3. The van der Waals surface area contributed by atoms with Gasteiger partial charge in [-0.25, -0.2) is 0 Å². The Bertz CT molecular complexity index is 890. The van der Waals surface area contributed by atoms with Crippen LogP contribution >= 0.6 is 23.1 Å². The SMILES string of the molecule is Cc1nnc(SCC(=O)Nc2sc3c(c2C#N)CC[C@H](C)C3)n1C1CC1. The molecule has 136 valence electrons. The zero-order valence-electron chi connectivity index (χ0n) is 14.9. The third kappa shape index (κ3) is 3.38. The molecule has 6 nitrogen and oxygen atoms in total. The van der Waals surface area contributed by atoms with Crippen LogP contribution in [0.2, 0.25) is 0 Å². The lowest BCUT2D eigenvalue weighted by Crippen LogP contribution is -2.14. The molecule has 1 saturated carbocycles. The Morgan fingerprint density at radius 2 is 2.23 bits per heavy atom. The summed E-state index contributed by atoms with van der Waals surface area (Å²) >= 11 is 2.98. The molecule has 2 aromatic rings. The number of hydrogen-bond donors (Lipinski definition) is 1. The molecule has 26 heavy (non-hydrogen) atoms. The number of amides is 1. The van der Waals surface area contributed by atoms with Gasteiger partial charge in [-0.3, -0.25) is 4.79 Å². The Hall–Kier alpha value is -1.85. The van der Waals surface area contributed by atoms with E-state index >= 15 is 0 Å². The predicted molar refractivity (Wildman–Crippen MR) is 103 cm³/mol. The highest BCUT2D eigenvalue weighted by Crippen LogP contribution is 2.40. The van der Waals surface area contributed by atoms with Crippen molar-refractivity contribution in [3.05, 3.63) is 21.8 Å². The first-order valence-electron chi connectivity index (χ1n) is 8.95. The van der Waals surface area contributed by atoms with E-state index in [-0.39, 0.29) is 11.7 Å². The van der Waals surface area contributed by atoms with Gasteiger partial charge in [-0.1, -0.05) is 18.7 Å². The van der Waals surface area contributed by atoms with Crippen LogP contribution in [-0.4, -0.2) is 26.4 Å². The van der Waals surface area contributed by atoms with Gasteiger partial charge in [-0.05, 0) is 50.5 Å². The second-order valence-corrected chi connectivity index (χ2v) is 9.18. The second kappa shape index (κ2) is 7.05. The summed E-state index contributed by atoms with van der Waals surface area (Å²) in [5.41, 5.74) is 1.80. The van der Waals surface area contributed by atoms with Gasteiger partial charge in [0.15, 0.2) is 5.16 Å². The number of rotatable bonds is 5. The number of aromatic nitrogens is 3. The molecule has 1 atom stereocenters. The van der Waals surface area contributed by atoms with Crippen LogP contribution in [0.4, 0.5) is 5.00 Å². The first kappa shape index (κ1) is 17.6. The molecule has 8 heteroatoms. The molecule has 4 rings (SSSR count). The third-order valence-corrected chi connectivity index (χ3v) is 7.07. The van der Waals surface area contributed by atoms with Crippen molar-refractivity contribution in [1.82, 2.24) is 14.8 Å². The van der Waals surface area contributed by atoms with Crippen LogP contribution in [0, 0.1) is 24.2 Å². The fraction of sp³-hybridized carbons (Fsp3) is 0.556. The van der Waals surface area contributed by atoms with E-state index in [0.29, 0.717) is 22.5 Å². The Morgan fingerprint density at radius 3 is 2.96 bits per heavy atom. The number of carbonyl (C=O) groups excluding carboxylic acids is 1. The van der Waals surface area contributed by atoms with Crippen LogP contribution in [0.1, 0.15) is 54.1 Å². The summed E-state index contributed by atoms with van der Waals surface area (Å²) in [6, 6.07) is 2.79. The Morgan fingerprint density at radius 1 is 1.42 bits per heavy atom. The van der Waals surface area contributed by atoms with Gasteiger partial charge in [-0.15, -0.1) is 21.5 Å². The highest BCUT2D eigenvalue weighted by Gasteiger charge is 2.29. The van der Waals surface area contributed by atoms with Crippen LogP contribution in [0.25, 0.3) is 0 Å². The molecular formula is C18H21N5OS2. The second-order valence-electron chi connectivity index (χ2n) is 7.14. The number of fused-ring (bicyclic) bond motifs is 1. The topological polar surface area (TPSA) is 83.6 Å². The van der Waals surface area contributed by atoms with Gasteiger partial charge in [0, 0.05) is 10.9 Å². The first-order valence-corrected chi connectivity index (χ1v) is 10.8. The summed E-state index contributed by atoms with van der Waals surface area (Å²) in [7, 11) is 0. The van der Waals surface area contributed by atoms with Crippen molar-refractivity contribution >= 4 is 34.0 Å². The summed E-state index contributed by atoms with van der Waals surface area (Å²) in [6.07, 6.45) is 5.36. The number of nitriles is 1. The molecule has 1 N–H and O–H groups in total. The van der Waals surface area contributed by atoms with Crippen molar-refractivity contribution in [3.8, 4) is 6.07 Å². The Kier molecular flexibility index (Phi) is 4.76.